The maximum absolute atomic E-state index is 11.9. The van der Waals surface area contributed by atoms with Gasteiger partial charge in [0.2, 0.25) is 0 Å². The lowest BCUT2D eigenvalue weighted by atomic mass is 9.88. The van der Waals surface area contributed by atoms with E-state index in [2.05, 4.69) is 64.2 Å². The largest absolute Gasteiger partial charge is 0.357 e. The molecule has 0 bridgehead atoms. The van der Waals surface area contributed by atoms with E-state index >= 15 is 0 Å². The molecule has 0 spiro atoms. The quantitative estimate of drug-likeness (QED) is 0.485. The van der Waals surface area contributed by atoms with Crippen LogP contribution in [-0.2, 0) is 9.84 Å². The van der Waals surface area contributed by atoms with Gasteiger partial charge in [-0.1, -0.05) is 60.7 Å². The molecule has 2 N–H and O–H groups in total. The smallest absolute Gasteiger partial charge is 0.191 e. The van der Waals surface area contributed by atoms with Gasteiger partial charge in [-0.25, -0.2) is 8.42 Å². The molecule has 0 unspecified atom stereocenters. The lowest BCUT2D eigenvalue weighted by Gasteiger charge is -2.22. The molecule has 0 amide bonds. The van der Waals surface area contributed by atoms with Gasteiger partial charge in [-0.2, -0.15) is 0 Å². The molecule has 0 aliphatic rings. The number of aliphatic imine (C=N–C) groups is 1. The number of nitrogens with zero attached hydrogens (tertiary/aromatic N) is 1. The summed E-state index contributed by atoms with van der Waals surface area (Å²) in [7, 11) is -3.18. The third-order valence-corrected chi connectivity index (χ3v) is 7.23. The lowest BCUT2D eigenvalue weighted by Crippen LogP contribution is -2.41. The number of sulfone groups is 1. The standard InChI is InChI=1S/C23H33N3O2S/c1-5-24-22(26-18-23(2,3)29(4,27)28)25-17-16-21(19-12-8-6-9-13-19)20-14-10-7-11-15-20/h6-15,21H,5,16-18H2,1-4H3,(H2,24,25,26). The Morgan fingerprint density at radius 2 is 1.48 bits per heavy atom. The number of hydrogen-bond donors (Lipinski definition) is 2. The van der Waals surface area contributed by atoms with Crippen LogP contribution >= 0.6 is 0 Å². The van der Waals surface area contributed by atoms with Gasteiger partial charge in [0.1, 0.15) is 0 Å². The van der Waals surface area contributed by atoms with Crippen molar-refractivity contribution >= 4 is 15.8 Å². The van der Waals surface area contributed by atoms with E-state index in [0.29, 0.717) is 12.5 Å². The highest BCUT2D eigenvalue weighted by Gasteiger charge is 2.30. The van der Waals surface area contributed by atoms with Crippen LogP contribution in [0.5, 0.6) is 0 Å². The molecule has 0 aliphatic heterocycles. The summed E-state index contributed by atoms with van der Waals surface area (Å²) in [5.41, 5.74) is 2.56. The second-order valence-electron chi connectivity index (χ2n) is 7.82. The zero-order chi connectivity index (χ0) is 21.3. The van der Waals surface area contributed by atoms with Gasteiger partial charge in [0, 0.05) is 25.3 Å². The first-order chi connectivity index (χ1) is 13.7. The lowest BCUT2D eigenvalue weighted by molar-refractivity contribution is 0.554. The van der Waals surface area contributed by atoms with E-state index in [9.17, 15) is 8.42 Å². The predicted molar refractivity (Wildman–Crippen MR) is 122 cm³/mol. The molecule has 0 fully saturated rings. The van der Waals surface area contributed by atoms with Crippen molar-refractivity contribution in [3.8, 4) is 0 Å². The van der Waals surface area contributed by atoms with Crippen molar-refractivity contribution in [1.82, 2.24) is 10.6 Å². The Bertz CT molecular complexity index is 839. The summed E-state index contributed by atoms with van der Waals surface area (Å²) in [5, 5.41) is 6.56. The van der Waals surface area contributed by atoms with E-state index in [1.54, 1.807) is 13.8 Å². The number of nitrogens with one attached hydrogen (secondary N) is 2. The third-order valence-electron chi connectivity index (χ3n) is 5.10. The number of guanidine groups is 1. The van der Waals surface area contributed by atoms with Gasteiger partial charge < -0.3 is 10.6 Å². The van der Waals surface area contributed by atoms with Crippen molar-refractivity contribution in [2.75, 3.05) is 25.9 Å². The Kier molecular flexibility index (Phi) is 8.26. The molecule has 0 saturated heterocycles. The summed E-state index contributed by atoms with van der Waals surface area (Å²) in [6.07, 6.45) is 2.15. The molecule has 2 aromatic carbocycles. The maximum Gasteiger partial charge on any atom is 0.191 e. The van der Waals surface area contributed by atoms with Crippen molar-refractivity contribution in [3.63, 3.8) is 0 Å². The van der Waals surface area contributed by atoms with Crippen LogP contribution in [0.2, 0.25) is 0 Å². The summed E-state index contributed by atoms with van der Waals surface area (Å²) in [6, 6.07) is 21.0. The summed E-state index contributed by atoms with van der Waals surface area (Å²) < 4.78 is 23.0. The summed E-state index contributed by atoms with van der Waals surface area (Å²) in [5.74, 6) is 0.921. The molecule has 0 atom stereocenters. The Labute approximate surface area is 175 Å². The molecular formula is C23H33N3O2S. The van der Waals surface area contributed by atoms with Gasteiger partial charge in [-0.3, -0.25) is 4.99 Å². The van der Waals surface area contributed by atoms with E-state index in [1.165, 1.54) is 17.4 Å². The highest BCUT2D eigenvalue weighted by atomic mass is 32.2. The van der Waals surface area contributed by atoms with Crippen LogP contribution in [0.25, 0.3) is 0 Å². The van der Waals surface area contributed by atoms with Crippen LogP contribution in [0.3, 0.4) is 0 Å². The average Bonchev–Trinajstić information content (AvgIpc) is 2.70. The van der Waals surface area contributed by atoms with Crippen LogP contribution in [0.4, 0.5) is 0 Å². The zero-order valence-corrected chi connectivity index (χ0v) is 18.7. The second-order valence-corrected chi connectivity index (χ2v) is 10.5. The molecule has 0 radical (unpaired) electrons. The number of hydrogen-bond acceptors (Lipinski definition) is 3. The number of rotatable bonds is 9. The molecule has 6 heteroatoms. The molecule has 0 saturated carbocycles. The van der Waals surface area contributed by atoms with Crippen molar-refractivity contribution in [1.29, 1.82) is 0 Å². The van der Waals surface area contributed by atoms with Crippen LogP contribution in [0, 0.1) is 0 Å². The van der Waals surface area contributed by atoms with E-state index < -0.39 is 14.6 Å². The van der Waals surface area contributed by atoms with E-state index in [4.69, 9.17) is 0 Å². The summed E-state index contributed by atoms with van der Waals surface area (Å²) >= 11 is 0. The molecule has 2 rings (SSSR count). The Balaban J connectivity index is 2.08. The molecule has 5 nitrogen and oxygen atoms in total. The Morgan fingerprint density at radius 3 is 1.93 bits per heavy atom. The van der Waals surface area contributed by atoms with Gasteiger partial charge in [-0.05, 0) is 38.3 Å². The first-order valence-corrected chi connectivity index (χ1v) is 12.0. The Morgan fingerprint density at radius 1 is 0.966 bits per heavy atom. The summed E-state index contributed by atoms with van der Waals surface area (Å²) in [6.45, 7) is 7.05. The maximum atomic E-state index is 11.9. The second kappa shape index (κ2) is 10.4. The fourth-order valence-corrected chi connectivity index (χ4v) is 3.26. The minimum Gasteiger partial charge on any atom is -0.357 e. The molecular weight excluding hydrogens is 382 g/mol. The van der Waals surface area contributed by atoms with Gasteiger partial charge >= 0.3 is 0 Å². The highest BCUT2D eigenvalue weighted by molar-refractivity contribution is 7.92. The third kappa shape index (κ3) is 6.89. The van der Waals surface area contributed by atoms with Crippen LogP contribution in [0.15, 0.2) is 65.7 Å². The van der Waals surface area contributed by atoms with Crippen LogP contribution in [0.1, 0.15) is 44.2 Å². The molecule has 0 aromatic heterocycles. The van der Waals surface area contributed by atoms with E-state index in [-0.39, 0.29) is 12.5 Å². The predicted octanol–water partition coefficient (Wildman–Crippen LogP) is 3.59. The zero-order valence-electron chi connectivity index (χ0n) is 17.9. The van der Waals surface area contributed by atoms with Crippen molar-refractivity contribution in [2.45, 2.75) is 37.9 Å². The number of benzene rings is 2. The van der Waals surface area contributed by atoms with Gasteiger partial charge in [0.05, 0.1) is 11.3 Å². The normalized spacial score (nSPS) is 12.8. The van der Waals surface area contributed by atoms with Gasteiger partial charge in [0.15, 0.2) is 15.8 Å². The minimum absolute atomic E-state index is 0.210. The topological polar surface area (TPSA) is 70.6 Å². The van der Waals surface area contributed by atoms with Crippen molar-refractivity contribution in [3.05, 3.63) is 71.8 Å². The molecule has 2 aromatic rings. The first-order valence-electron chi connectivity index (χ1n) is 10.1. The van der Waals surface area contributed by atoms with Crippen LogP contribution in [-0.4, -0.2) is 45.0 Å². The van der Waals surface area contributed by atoms with Crippen LogP contribution < -0.4 is 10.6 Å². The SMILES string of the molecule is CCNC(=NCC(C)(C)S(C)(=O)=O)NCCC(c1ccccc1)c1ccccc1. The van der Waals surface area contributed by atoms with Gasteiger partial charge in [0.25, 0.3) is 0 Å². The van der Waals surface area contributed by atoms with E-state index in [0.717, 1.165) is 13.0 Å². The highest BCUT2D eigenvalue weighted by Crippen LogP contribution is 2.27. The monoisotopic (exact) mass is 415 g/mol. The average molecular weight is 416 g/mol. The Hall–Kier alpha value is -2.34. The van der Waals surface area contributed by atoms with Crippen molar-refractivity contribution < 1.29 is 8.42 Å². The fourth-order valence-electron chi connectivity index (χ4n) is 2.96. The molecule has 0 heterocycles. The van der Waals surface area contributed by atoms with Gasteiger partial charge in [-0.15, -0.1) is 0 Å². The van der Waals surface area contributed by atoms with Crippen molar-refractivity contribution in [2.24, 2.45) is 4.99 Å². The molecule has 29 heavy (non-hydrogen) atoms. The minimum atomic E-state index is -3.18. The molecule has 0 aliphatic carbocycles. The summed E-state index contributed by atoms with van der Waals surface area (Å²) in [4.78, 5) is 4.51. The van der Waals surface area contributed by atoms with E-state index in [1.807, 2.05) is 19.1 Å². The molecule has 158 valence electrons. The fraction of sp³-hybridized carbons (Fsp3) is 0.435. The first kappa shape index (κ1) is 22.9.